The average molecular weight is 274 g/mol. The lowest BCUT2D eigenvalue weighted by atomic mass is 10.1. The van der Waals surface area contributed by atoms with Crippen LogP contribution in [0.1, 0.15) is 20.8 Å². The molecule has 5 nitrogen and oxygen atoms in total. The summed E-state index contributed by atoms with van der Waals surface area (Å²) in [4.78, 5) is 26.4. The van der Waals surface area contributed by atoms with Gasteiger partial charge in [-0.05, 0) is 6.92 Å². The van der Waals surface area contributed by atoms with E-state index in [9.17, 15) is 9.59 Å². The highest BCUT2D eigenvalue weighted by atomic mass is 32.2. The number of carboxylic acids is 1. The highest BCUT2D eigenvalue weighted by molar-refractivity contribution is 8.00. The van der Waals surface area contributed by atoms with Crippen LogP contribution in [0, 0.1) is 5.92 Å². The summed E-state index contributed by atoms with van der Waals surface area (Å²) < 4.78 is 0. The second-order valence-corrected chi connectivity index (χ2v) is 6.40. The topological polar surface area (TPSA) is 60.9 Å². The van der Waals surface area contributed by atoms with Gasteiger partial charge in [-0.25, -0.2) is 4.79 Å². The summed E-state index contributed by atoms with van der Waals surface area (Å²) in [7, 11) is 1.67. The van der Waals surface area contributed by atoms with Crippen LogP contribution in [0.2, 0.25) is 0 Å². The lowest BCUT2D eigenvalue weighted by Gasteiger charge is -2.39. The largest absolute Gasteiger partial charge is 0.481 e. The van der Waals surface area contributed by atoms with Crippen molar-refractivity contribution in [1.29, 1.82) is 0 Å². The second-order valence-electron chi connectivity index (χ2n) is 4.91. The molecule has 1 N–H and O–H groups in total. The number of urea groups is 1. The van der Waals surface area contributed by atoms with Crippen molar-refractivity contribution in [3.63, 3.8) is 0 Å². The molecule has 3 unspecified atom stereocenters. The summed E-state index contributed by atoms with van der Waals surface area (Å²) in [6, 6.07) is 0.126. The Morgan fingerprint density at radius 2 is 2.11 bits per heavy atom. The molecule has 1 aliphatic rings. The van der Waals surface area contributed by atoms with Gasteiger partial charge < -0.3 is 14.9 Å². The number of carbonyl (C=O) groups is 2. The monoisotopic (exact) mass is 274 g/mol. The smallest absolute Gasteiger partial charge is 0.320 e. The van der Waals surface area contributed by atoms with E-state index in [-0.39, 0.29) is 18.6 Å². The Hall–Kier alpha value is -0.910. The van der Waals surface area contributed by atoms with Gasteiger partial charge in [-0.1, -0.05) is 13.8 Å². The molecule has 0 radical (unpaired) electrons. The zero-order chi connectivity index (χ0) is 13.9. The molecule has 0 saturated carbocycles. The molecule has 18 heavy (non-hydrogen) atoms. The minimum atomic E-state index is -0.870. The van der Waals surface area contributed by atoms with Crippen molar-refractivity contribution in [2.24, 2.45) is 5.92 Å². The van der Waals surface area contributed by atoms with E-state index in [2.05, 4.69) is 6.92 Å². The Labute approximate surface area is 113 Å². The van der Waals surface area contributed by atoms with Gasteiger partial charge in [0, 0.05) is 37.2 Å². The molecule has 0 aliphatic carbocycles. The number of rotatable bonds is 3. The summed E-state index contributed by atoms with van der Waals surface area (Å²) in [6.45, 7) is 6.77. The van der Waals surface area contributed by atoms with Gasteiger partial charge in [0.25, 0.3) is 0 Å². The first-order valence-electron chi connectivity index (χ1n) is 6.20. The molecule has 0 aromatic heterocycles. The fourth-order valence-electron chi connectivity index (χ4n) is 1.99. The van der Waals surface area contributed by atoms with E-state index < -0.39 is 11.9 Å². The van der Waals surface area contributed by atoms with Crippen molar-refractivity contribution in [3.05, 3.63) is 0 Å². The van der Waals surface area contributed by atoms with Gasteiger partial charge in [0.05, 0.1) is 5.92 Å². The van der Waals surface area contributed by atoms with Crippen LogP contribution in [0.3, 0.4) is 0 Å². The summed E-state index contributed by atoms with van der Waals surface area (Å²) in [6.07, 6.45) is 0. The number of carboxylic acid groups (broad SMARTS) is 1. The summed E-state index contributed by atoms with van der Waals surface area (Å²) in [5.41, 5.74) is 0. The summed E-state index contributed by atoms with van der Waals surface area (Å²) in [5.74, 6) is -0.462. The van der Waals surface area contributed by atoms with Gasteiger partial charge in [-0.3, -0.25) is 4.79 Å². The van der Waals surface area contributed by atoms with Crippen molar-refractivity contribution in [2.75, 3.05) is 25.9 Å². The molecule has 104 valence electrons. The van der Waals surface area contributed by atoms with Crippen molar-refractivity contribution >= 4 is 23.8 Å². The van der Waals surface area contributed by atoms with Crippen molar-refractivity contribution in [2.45, 2.75) is 32.1 Å². The molecule has 0 aromatic carbocycles. The van der Waals surface area contributed by atoms with Gasteiger partial charge >= 0.3 is 12.0 Å². The molecular formula is C12H22N2O3S. The lowest BCUT2D eigenvalue weighted by molar-refractivity contribution is -0.141. The Kier molecular flexibility index (Phi) is 5.31. The molecule has 1 fully saturated rings. The molecule has 0 bridgehead atoms. The number of hydrogen-bond acceptors (Lipinski definition) is 3. The Morgan fingerprint density at radius 3 is 2.67 bits per heavy atom. The third kappa shape index (κ3) is 3.54. The third-order valence-electron chi connectivity index (χ3n) is 3.43. The first-order valence-corrected chi connectivity index (χ1v) is 7.25. The second kappa shape index (κ2) is 6.31. The fraction of sp³-hybridized carbons (Fsp3) is 0.833. The van der Waals surface area contributed by atoms with Gasteiger partial charge in [0.1, 0.15) is 0 Å². The van der Waals surface area contributed by atoms with E-state index >= 15 is 0 Å². The van der Waals surface area contributed by atoms with Crippen molar-refractivity contribution in [3.8, 4) is 0 Å². The minimum Gasteiger partial charge on any atom is -0.481 e. The van der Waals surface area contributed by atoms with E-state index in [0.29, 0.717) is 5.25 Å². The number of aliphatic carboxylic acids is 1. The maximum Gasteiger partial charge on any atom is 0.320 e. The first-order chi connectivity index (χ1) is 8.34. The van der Waals surface area contributed by atoms with Gasteiger partial charge in [-0.2, -0.15) is 11.8 Å². The molecule has 1 rings (SSSR count). The first kappa shape index (κ1) is 15.1. The molecule has 3 atom stereocenters. The number of amides is 2. The van der Waals surface area contributed by atoms with Crippen LogP contribution in [0.5, 0.6) is 0 Å². The predicted octanol–water partition coefficient (Wildman–Crippen LogP) is 1.58. The summed E-state index contributed by atoms with van der Waals surface area (Å²) in [5, 5.41) is 9.29. The molecule has 2 amide bonds. The van der Waals surface area contributed by atoms with Gasteiger partial charge in [-0.15, -0.1) is 0 Å². The van der Waals surface area contributed by atoms with Crippen LogP contribution in [0.4, 0.5) is 4.79 Å². The van der Waals surface area contributed by atoms with Gasteiger partial charge in [0.2, 0.25) is 0 Å². The number of hydrogen-bond donors (Lipinski definition) is 1. The molecule has 6 heteroatoms. The highest BCUT2D eigenvalue weighted by Gasteiger charge is 2.31. The zero-order valence-corrected chi connectivity index (χ0v) is 12.2. The van der Waals surface area contributed by atoms with E-state index in [1.165, 1.54) is 4.90 Å². The van der Waals surface area contributed by atoms with Crippen LogP contribution in [-0.4, -0.2) is 64.1 Å². The van der Waals surface area contributed by atoms with Crippen LogP contribution in [-0.2, 0) is 4.79 Å². The summed E-state index contributed by atoms with van der Waals surface area (Å²) >= 11 is 1.87. The molecule has 1 aliphatic heterocycles. The normalized spacial score (nSPS) is 25.7. The number of nitrogens with zero attached hydrogens (tertiary/aromatic N) is 2. The number of carbonyl (C=O) groups excluding carboxylic acids is 1. The van der Waals surface area contributed by atoms with Crippen molar-refractivity contribution in [1.82, 2.24) is 9.80 Å². The maximum absolute atomic E-state index is 12.3. The Balaban J connectivity index is 2.60. The Bertz CT molecular complexity index is 324. The third-order valence-corrected chi connectivity index (χ3v) is 4.76. The molecule has 1 heterocycles. The van der Waals surface area contributed by atoms with E-state index in [1.807, 2.05) is 23.6 Å². The van der Waals surface area contributed by atoms with E-state index in [4.69, 9.17) is 5.11 Å². The minimum absolute atomic E-state index is 0.0669. The SMILES string of the molecule is CC(CN(C)C(=O)N1CCSC(C)C1C)C(=O)O. The molecule has 0 aromatic rings. The van der Waals surface area contributed by atoms with E-state index in [0.717, 1.165) is 12.3 Å². The molecule has 1 saturated heterocycles. The van der Waals surface area contributed by atoms with Crippen molar-refractivity contribution < 1.29 is 14.7 Å². The Morgan fingerprint density at radius 1 is 1.50 bits per heavy atom. The fourth-order valence-corrected chi connectivity index (χ4v) is 3.09. The number of thioether (sulfide) groups is 1. The zero-order valence-electron chi connectivity index (χ0n) is 11.4. The quantitative estimate of drug-likeness (QED) is 0.849. The van der Waals surface area contributed by atoms with Crippen LogP contribution >= 0.6 is 11.8 Å². The maximum atomic E-state index is 12.3. The van der Waals surface area contributed by atoms with Crippen LogP contribution < -0.4 is 0 Å². The van der Waals surface area contributed by atoms with E-state index in [1.54, 1.807) is 14.0 Å². The highest BCUT2D eigenvalue weighted by Crippen LogP contribution is 2.25. The predicted molar refractivity (Wildman–Crippen MR) is 72.9 cm³/mol. The van der Waals surface area contributed by atoms with Gasteiger partial charge in [0.15, 0.2) is 0 Å². The standard InChI is InChI=1S/C12H22N2O3S/c1-8(11(15)16)7-13(4)12(17)14-5-6-18-10(3)9(14)2/h8-10H,5-7H2,1-4H3,(H,15,16). The molecular weight excluding hydrogens is 252 g/mol. The lowest BCUT2D eigenvalue weighted by Crippen LogP contribution is -2.53. The molecule has 0 spiro atoms. The average Bonchev–Trinajstić information content (AvgIpc) is 2.31. The van der Waals surface area contributed by atoms with Crippen LogP contribution in [0.25, 0.3) is 0 Å². The van der Waals surface area contributed by atoms with Crippen LogP contribution in [0.15, 0.2) is 0 Å².